The van der Waals surface area contributed by atoms with Gasteiger partial charge in [-0.05, 0) is 25.3 Å². The molecule has 0 radical (unpaired) electrons. The molecular weight excluding hydrogens is 204 g/mol. The van der Waals surface area contributed by atoms with E-state index in [0.717, 1.165) is 18.9 Å². The van der Waals surface area contributed by atoms with Crippen LogP contribution in [0.15, 0.2) is 0 Å². The molecule has 1 aliphatic carbocycles. The van der Waals surface area contributed by atoms with Crippen LogP contribution in [0, 0.1) is 5.92 Å². The van der Waals surface area contributed by atoms with Crippen molar-refractivity contribution in [3.05, 3.63) is 0 Å². The molecule has 1 unspecified atom stereocenters. The summed E-state index contributed by atoms with van der Waals surface area (Å²) in [5.74, 6) is 1.02. The SMILES string of the molecule is COC(CC(CN)NCCCC1CC1)OC. The van der Waals surface area contributed by atoms with Gasteiger partial charge in [-0.2, -0.15) is 0 Å². The summed E-state index contributed by atoms with van der Waals surface area (Å²) >= 11 is 0. The van der Waals surface area contributed by atoms with Crippen LogP contribution < -0.4 is 11.1 Å². The van der Waals surface area contributed by atoms with Crippen molar-refractivity contribution in [2.45, 2.75) is 44.4 Å². The molecule has 4 heteroatoms. The lowest BCUT2D eigenvalue weighted by atomic mass is 10.1. The van der Waals surface area contributed by atoms with E-state index in [-0.39, 0.29) is 6.29 Å². The third-order valence-electron chi connectivity index (χ3n) is 3.21. The van der Waals surface area contributed by atoms with Gasteiger partial charge >= 0.3 is 0 Å². The average Bonchev–Trinajstić information content (AvgIpc) is 3.12. The number of nitrogens with two attached hydrogens (primary N) is 1. The standard InChI is InChI=1S/C12H26N2O2/c1-15-12(16-2)8-11(9-13)14-7-3-4-10-5-6-10/h10-12,14H,3-9,13H2,1-2H3. The molecule has 1 atom stereocenters. The lowest BCUT2D eigenvalue weighted by Crippen LogP contribution is -2.40. The van der Waals surface area contributed by atoms with Gasteiger partial charge < -0.3 is 20.5 Å². The predicted molar refractivity (Wildman–Crippen MR) is 65.2 cm³/mol. The lowest BCUT2D eigenvalue weighted by Gasteiger charge is -2.21. The van der Waals surface area contributed by atoms with Crippen molar-refractivity contribution >= 4 is 0 Å². The highest BCUT2D eigenvalue weighted by atomic mass is 16.7. The van der Waals surface area contributed by atoms with Crippen molar-refractivity contribution in [1.82, 2.24) is 5.32 Å². The molecule has 16 heavy (non-hydrogen) atoms. The maximum Gasteiger partial charge on any atom is 0.158 e. The van der Waals surface area contributed by atoms with Crippen LogP contribution in [-0.4, -0.2) is 39.6 Å². The summed E-state index contributed by atoms with van der Waals surface area (Å²) in [6.07, 6.45) is 6.16. The Kier molecular flexibility index (Phi) is 6.96. The monoisotopic (exact) mass is 230 g/mol. The Morgan fingerprint density at radius 2 is 2.00 bits per heavy atom. The summed E-state index contributed by atoms with van der Waals surface area (Å²) in [7, 11) is 3.32. The molecule has 96 valence electrons. The normalized spacial score (nSPS) is 18.0. The summed E-state index contributed by atoms with van der Waals surface area (Å²) in [4.78, 5) is 0. The molecule has 0 aromatic heterocycles. The quantitative estimate of drug-likeness (QED) is 0.436. The van der Waals surface area contributed by atoms with Crippen molar-refractivity contribution in [2.24, 2.45) is 11.7 Å². The van der Waals surface area contributed by atoms with Gasteiger partial charge in [0.1, 0.15) is 0 Å². The molecule has 0 amide bonds. The van der Waals surface area contributed by atoms with E-state index in [0.29, 0.717) is 12.6 Å². The van der Waals surface area contributed by atoms with E-state index >= 15 is 0 Å². The first-order valence-electron chi connectivity index (χ1n) is 6.29. The van der Waals surface area contributed by atoms with Crippen LogP contribution in [0.25, 0.3) is 0 Å². The Labute approximate surface area is 98.9 Å². The van der Waals surface area contributed by atoms with Gasteiger partial charge in [0.25, 0.3) is 0 Å². The molecule has 0 spiro atoms. The third-order valence-corrected chi connectivity index (χ3v) is 3.21. The molecule has 0 aromatic rings. The predicted octanol–water partition coefficient (Wildman–Crippen LogP) is 1.10. The minimum absolute atomic E-state index is 0.149. The number of ether oxygens (including phenoxy) is 2. The van der Waals surface area contributed by atoms with E-state index < -0.39 is 0 Å². The van der Waals surface area contributed by atoms with E-state index in [2.05, 4.69) is 5.32 Å². The zero-order chi connectivity index (χ0) is 11.8. The second-order valence-electron chi connectivity index (χ2n) is 4.61. The Balaban J connectivity index is 2.04. The highest BCUT2D eigenvalue weighted by molar-refractivity contribution is 4.74. The van der Waals surface area contributed by atoms with Gasteiger partial charge in [0.2, 0.25) is 0 Å². The molecule has 4 nitrogen and oxygen atoms in total. The first-order valence-corrected chi connectivity index (χ1v) is 6.29. The van der Waals surface area contributed by atoms with E-state index in [1.54, 1.807) is 14.2 Å². The van der Waals surface area contributed by atoms with Gasteiger partial charge in [-0.25, -0.2) is 0 Å². The lowest BCUT2D eigenvalue weighted by molar-refractivity contribution is -0.110. The fourth-order valence-corrected chi connectivity index (χ4v) is 1.89. The fourth-order valence-electron chi connectivity index (χ4n) is 1.89. The van der Waals surface area contributed by atoms with Crippen molar-refractivity contribution in [3.63, 3.8) is 0 Å². The van der Waals surface area contributed by atoms with Crippen LogP contribution in [0.1, 0.15) is 32.1 Å². The largest absolute Gasteiger partial charge is 0.356 e. The smallest absolute Gasteiger partial charge is 0.158 e. The topological polar surface area (TPSA) is 56.5 Å². The van der Waals surface area contributed by atoms with Crippen LogP contribution in [0.5, 0.6) is 0 Å². The maximum absolute atomic E-state index is 5.71. The Morgan fingerprint density at radius 1 is 1.31 bits per heavy atom. The van der Waals surface area contributed by atoms with Crippen LogP contribution in [0.3, 0.4) is 0 Å². The second-order valence-corrected chi connectivity index (χ2v) is 4.61. The summed E-state index contributed by atoms with van der Waals surface area (Å²) in [6.45, 7) is 1.69. The van der Waals surface area contributed by atoms with Crippen molar-refractivity contribution in [2.75, 3.05) is 27.3 Å². The molecule has 0 aromatic carbocycles. The van der Waals surface area contributed by atoms with E-state index in [1.807, 2.05) is 0 Å². The summed E-state index contributed by atoms with van der Waals surface area (Å²) < 4.78 is 10.3. The first kappa shape index (κ1) is 13.9. The minimum atomic E-state index is -0.149. The van der Waals surface area contributed by atoms with E-state index in [4.69, 9.17) is 15.2 Å². The van der Waals surface area contributed by atoms with Gasteiger partial charge in [-0.3, -0.25) is 0 Å². The molecule has 0 aliphatic heterocycles. The van der Waals surface area contributed by atoms with Gasteiger partial charge in [0.05, 0.1) is 0 Å². The average molecular weight is 230 g/mol. The van der Waals surface area contributed by atoms with Gasteiger partial charge in [0, 0.05) is 33.2 Å². The molecule has 1 saturated carbocycles. The highest BCUT2D eigenvalue weighted by Crippen LogP contribution is 2.33. The molecule has 0 bridgehead atoms. The number of hydrogen-bond donors (Lipinski definition) is 2. The molecule has 1 aliphatic rings. The Morgan fingerprint density at radius 3 is 2.50 bits per heavy atom. The van der Waals surface area contributed by atoms with Crippen LogP contribution in [0.2, 0.25) is 0 Å². The third kappa shape index (κ3) is 5.80. The fraction of sp³-hybridized carbons (Fsp3) is 1.00. The van der Waals surface area contributed by atoms with Crippen LogP contribution in [-0.2, 0) is 9.47 Å². The molecule has 0 heterocycles. The molecular formula is C12H26N2O2. The highest BCUT2D eigenvalue weighted by Gasteiger charge is 2.20. The van der Waals surface area contributed by atoms with Crippen molar-refractivity contribution in [1.29, 1.82) is 0 Å². The first-order chi connectivity index (χ1) is 7.80. The molecule has 3 N–H and O–H groups in total. The number of nitrogens with one attached hydrogen (secondary N) is 1. The number of methoxy groups -OCH3 is 2. The van der Waals surface area contributed by atoms with Crippen LogP contribution in [0.4, 0.5) is 0 Å². The zero-order valence-corrected chi connectivity index (χ0v) is 10.6. The summed E-state index contributed by atoms with van der Waals surface area (Å²) in [5, 5.41) is 3.47. The van der Waals surface area contributed by atoms with E-state index in [9.17, 15) is 0 Å². The van der Waals surface area contributed by atoms with Crippen molar-refractivity contribution < 1.29 is 9.47 Å². The Bertz CT molecular complexity index is 170. The van der Waals surface area contributed by atoms with Crippen molar-refractivity contribution in [3.8, 4) is 0 Å². The summed E-state index contributed by atoms with van der Waals surface area (Å²) in [6, 6.07) is 0.295. The van der Waals surface area contributed by atoms with Gasteiger partial charge in [-0.15, -0.1) is 0 Å². The zero-order valence-electron chi connectivity index (χ0n) is 10.6. The van der Waals surface area contributed by atoms with E-state index in [1.165, 1.54) is 25.7 Å². The maximum atomic E-state index is 5.71. The van der Waals surface area contributed by atoms with Gasteiger partial charge in [0.15, 0.2) is 6.29 Å². The molecule has 1 fully saturated rings. The number of rotatable bonds is 10. The minimum Gasteiger partial charge on any atom is -0.356 e. The summed E-state index contributed by atoms with van der Waals surface area (Å²) in [5.41, 5.74) is 5.71. The molecule has 1 rings (SSSR count). The number of hydrogen-bond acceptors (Lipinski definition) is 4. The second kappa shape index (κ2) is 8.01. The molecule has 0 saturated heterocycles. The van der Waals surface area contributed by atoms with Crippen LogP contribution >= 0.6 is 0 Å². The Hall–Kier alpha value is -0.160. The van der Waals surface area contributed by atoms with Gasteiger partial charge in [-0.1, -0.05) is 12.8 Å².